The maximum absolute atomic E-state index is 6.34. The number of nitrogens with zero attached hydrogens (tertiary/aromatic N) is 4. The van der Waals surface area contributed by atoms with Crippen LogP contribution >= 0.6 is 35.6 Å². The second kappa shape index (κ2) is 13.3. The monoisotopic (exact) mass is 575 g/mol. The Morgan fingerprint density at radius 3 is 2.47 bits per heavy atom. The zero-order chi connectivity index (χ0) is 21.5. The van der Waals surface area contributed by atoms with Crippen LogP contribution in [0.2, 0.25) is 5.02 Å². The Morgan fingerprint density at radius 1 is 1.03 bits per heavy atom. The molecule has 3 saturated heterocycles. The molecule has 32 heavy (non-hydrogen) atoms. The van der Waals surface area contributed by atoms with Crippen LogP contribution in [0.1, 0.15) is 24.8 Å². The number of piperidine rings is 1. The molecule has 0 radical (unpaired) electrons. The van der Waals surface area contributed by atoms with E-state index in [0.29, 0.717) is 5.92 Å². The van der Waals surface area contributed by atoms with Gasteiger partial charge in [0.05, 0.1) is 13.2 Å². The summed E-state index contributed by atoms with van der Waals surface area (Å²) in [5, 5.41) is 4.56. The van der Waals surface area contributed by atoms with Crippen LogP contribution in [-0.2, 0) is 11.3 Å². The Bertz CT molecular complexity index is 722. The van der Waals surface area contributed by atoms with E-state index in [-0.39, 0.29) is 24.0 Å². The number of guanidine groups is 1. The van der Waals surface area contributed by atoms with Crippen LogP contribution in [-0.4, -0.2) is 93.3 Å². The predicted molar refractivity (Wildman–Crippen MR) is 143 cm³/mol. The summed E-state index contributed by atoms with van der Waals surface area (Å²) in [5.41, 5.74) is 1.24. The first kappa shape index (κ1) is 26.0. The number of morpholine rings is 1. The molecule has 1 N–H and O–H groups in total. The number of ether oxygens (including phenoxy) is 1. The van der Waals surface area contributed by atoms with Gasteiger partial charge < -0.3 is 15.0 Å². The highest BCUT2D eigenvalue weighted by atomic mass is 127. The maximum atomic E-state index is 6.34. The lowest BCUT2D eigenvalue weighted by atomic mass is 9.96. The summed E-state index contributed by atoms with van der Waals surface area (Å²) < 4.78 is 5.48. The average Bonchev–Trinajstić information content (AvgIpc) is 3.26. The number of hydrogen-bond acceptors (Lipinski definition) is 4. The molecule has 3 aliphatic heterocycles. The summed E-state index contributed by atoms with van der Waals surface area (Å²) in [7, 11) is 1.92. The van der Waals surface area contributed by atoms with Crippen LogP contribution in [0, 0.1) is 11.8 Å². The highest BCUT2D eigenvalue weighted by molar-refractivity contribution is 14.0. The molecule has 0 aromatic heterocycles. The van der Waals surface area contributed by atoms with E-state index in [9.17, 15) is 0 Å². The van der Waals surface area contributed by atoms with Crippen molar-refractivity contribution in [2.45, 2.75) is 25.8 Å². The Morgan fingerprint density at radius 2 is 1.75 bits per heavy atom. The Labute approximate surface area is 215 Å². The van der Waals surface area contributed by atoms with Gasteiger partial charge in [-0.05, 0) is 55.8 Å². The maximum Gasteiger partial charge on any atom is 0.193 e. The van der Waals surface area contributed by atoms with Crippen molar-refractivity contribution in [1.82, 2.24) is 20.0 Å². The zero-order valence-corrected chi connectivity index (χ0v) is 22.4. The molecule has 0 spiro atoms. The van der Waals surface area contributed by atoms with E-state index >= 15 is 0 Å². The van der Waals surface area contributed by atoms with Gasteiger partial charge in [0.1, 0.15) is 0 Å². The molecule has 180 valence electrons. The van der Waals surface area contributed by atoms with Crippen LogP contribution < -0.4 is 5.32 Å². The molecule has 4 rings (SSSR count). The molecular weight excluding hydrogens is 537 g/mol. The molecule has 1 atom stereocenters. The molecule has 0 saturated carbocycles. The number of aliphatic imine (C=N–C) groups is 1. The van der Waals surface area contributed by atoms with Crippen molar-refractivity contribution < 1.29 is 4.74 Å². The van der Waals surface area contributed by atoms with Crippen molar-refractivity contribution >= 4 is 41.5 Å². The molecule has 1 unspecified atom stereocenters. The van der Waals surface area contributed by atoms with Gasteiger partial charge in [0.25, 0.3) is 0 Å². The summed E-state index contributed by atoms with van der Waals surface area (Å²) in [6.07, 6.45) is 3.72. The molecule has 3 heterocycles. The Hall–Kier alpha value is -0.610. The highest BCUT2D eigenvalue weighted by Crippen LogP contribution is 2.22. The third-order valence-corrected chi connectivity index (χ3v) is 7.39. The molecule has 3 fully saturated rings. The normalized spacial score (nSPS) is 23.9. The smallest absolute Gasteiger partial charge is 0.193 e. The largest absolute Gasteiger partial charge is 0.379 e. The number of nitrogens with one attached hydrogen (secondary N) is 1. The summed E-state index contributed by atoms with van der Waals surface area (Å²) in [6.45, 7) is 11.6. The molecule has 0 bridgehead atoms. The van der Waals surface area contributed by atoms with Gasteiger partial charge in [-0.2, -0.15) is 0 Å². The zero-order valence-electron chi connectivity index (χ0n) is 19.3. The van der Waals surface area contributed by atoms with E-state index in [1.54, 1.807) is 0 Å². The van der Waals surface area contributed by atoms with Crippen LogP contribution in [0.15, 0.2) is 29.3 Å². The van der Waals surface area contributed by atoms with Crippen molar-refractivity contribution in [2.75, 3.05) is 72.6 Å². The number of benzene rings is 1. The fourth-order valence-corrected chi connectivity index (χ4v) is 5.30. The second-order valence-corrected chi connectivity index (χ2v) is 9.66. The minimum Gasteiger partial charge on any atom is -0.379 e. The highest BCUT2D eigenvalue weighted by Gasteiger charge is 2.28. The lowest BCUT2D eigenvalue weighted by Gasteiger charge is -2.33. The first-order valence-corrected chi connectivity index (χ1v) is 12.3. The number of hydrogen-bond donors (Lipinski definition) is 1. The van der Waals surface area contributed by atoms with Crippen molar-refractivity contribution in [3.05, 3.63) is 34.9 Å². The van der Waals surface area contributed by atoms with Gasteiger partial charge in [-0.15, -0.1) is 24.0 Å². The van der Waals surface area contributed by atoms with Gasteiger partial charge in [0.15, 0.2) is 5.96 Å². The summed E-state index contributed by atoms with van der Waals surface area (Å²) in [4.78, 5) is 12.1. The van der Waals surface area contributed by atoms with Gasteiger partial charge in [-0.3, -0.25) is 14.8 Å². The van der Waals surface area contributed by atoms with Crippen molar-refractivity contribution in [1.29, 1.82) is 0 Å². The van der Waals surface area contributed by atoms with E-state index in [0.717, 1.165) is 82.5 Å². The van der Waals surface area contributed by atoms with E-state index in [2.05, 4.69) is 37.1 Å². The van der Waals surface area contributed by atoms with Gasteiger partial charge >= 0.3 is 0 Å². The lowest BCUT2D eigenvalue weighted by Crippen LogP contribution is -2.45. The fraction of sp³-hybridized carbons (Fsp3) is 0.708. The number of likely N-dealkylation sites (tertiary alicyclic amines) is 2. The average molecular weight is 576 g/mol. The van der Waals surface area contributed by atoms with Crippen LogP contribution in [0.3, 0.4) is 0 Å². The van der Waals surface area contributed by atoms with Crippen LogP contribution in [0.4, 0.5) is 0 Å². The SMILES string of the molecule is CN=C(NCC1CCN(Cc2ccccc2Cl)CC1)N1CCC(CN2CCOCC2)C1.I. The van der Waals surface area contributed by atoms with E-state index in [4.69, 9.17) is 16.3 Å². The minimum atomic E-state index is 0. The third kappa shape index (κ3) is 7.45. The number of rotatable bonds is 6. The van der Waals surface area contributed by atoms with Gasteiger partial charge in [0, 0.05) is 57.9 Å². The fourth-order valence-electron chi connectivity index (χ4n) is 5.11. The summed E-state index contributed by atoms with van der Waals surface area (Å²) in [6, 6.07) is 8.21. The van der Waals surface area contributed by atoms with Crippen molar-refractivity contribution in [3.63, 3.8) is 0 Å². The first-order chi connectivity index (χ1) is 15.2. The van der Waals surface area contributed by atoms with Crippen LogP contribution in [0.25, 0.3) is 0 Å². The molecule has 6 nitrogen and oxygen atoms in total. The van der Waals surface area contributed by atoms with E-state index in [1.807, 2.05) is 19.2 Å². The Kier molecular flexibility index (Phi) is 10.8. The molecule has 1 aromatic rings. The summed E-state index contributed by atoms with van der Waals surface area (Å²) in [5.74, 6) is 2.54. The molecule has 8 heteroatoms. The molecule has 3 aliphatic rings. The van der Waals surface area contributed by atoms with Crippen molar-refractivity contribution in [2.24, 2.45) is 16.8 Å². The van der Waals surface area contributed by atoms with Gasteiger partial charge in [-0.1, -0.05) is 29.8 Å². The topological polar surface area (TPSA) is 43.3 Å². The quantitative estimate of drug-likeness (QED) is 0.320. The predicted octanol–water partition coefficient (Wildman–Crippen LogP) is 3.40. The molecular formula is C24H39ClIN5O. The van der Waals surface area contributed by atoms with Gasteiger partial charge in [-0.25, -0.2) is 0 Å². The standard InChI is InChI=1S/C24H38ClN5O.HI/c1-26-24(30-11-8-21(18-30)17-29-12-14-31-15-13-29)27-16-20-6-9-28(10-7-20)19-22-4-2-3-5-23(22)25;/h2-5,20-21H,6-19H2,1H3,(H,26,27);1H. The minimum absolute atomic E-state index is 0. The molecule has 0 amide bonds. The number of halogens is 2. The lowest BCUT2D eigenvalue weighted by molar-refractivity contribution is 0.0315. The van der Waals surface area contributed by atoms with Crippen LogP contribution in [0.5, 0.6) is 0 Å². The van der Waals surface area contributed by atoms with Crippen molar-refractivity contribution in [3.8, 4) is 0 Å². The molecule has 1 aromatic carbocycles. The molecule has 0 aliphatic carbocycles. The second-order valence-electron chi connectivity index (χ2n) is 9.25. The van der Waals surface area contributed by atoms with E-state index < -0.39 is 0 Å². The third-order valence-electron chi connectivity index (χ3n) is 7.03. The first-order valence-electron chi connectivity index (χ1n) is 11.9. The Balaban J connectivity index is 0.00000289. The summed E-state index contributed by atoms with van der Waals surface area (Å²) >= 11 is 6.34. The van der Waals surface area contributed by atoms with E-state index in [1.165, 1.54) is 31.4 Å². The van der Waals surface area contributed by atoms with Gasteiger partial charge in [0.2, 0.25) is 0 Å².